The number of halogens is 2. The van der Waals surface area contributed by atoms with Gasteiger partial charge in [-0.25, -0.2) is 4.98 Å². The van der Waals surface area contributed by atoms with Crippen molar-refractivity contribution in [3.05, 3.63) is 51.1 Å². The zero-order valence-corrected chi connectivity index (χ0v) is 16.3. The van der Waals surface area contributed by atoms with Gasteiger partial charge >= 0.3 is 0 Å². The van der Waals surface area contributed by atoms with E-state index in [1.807, 2.05) is 6.07 Å². The molecule has 0 aliphatic heterocycles. The molecule has 0 bridgehead atoms. The van der Waals surface area contributed by atoms with Gasteiger partial charge in [-0.2, -0.15) is 5.26 Å². The fraction of sp³-hybridized carbons (Fsp3) is 0.316. The van der Waals surface area contributed by atoms with Gasteiger partial charge in [0.05, 0.1) is 21.3 Å². The Bertz CT molecular complexity index is 880. The van der Waals surface area contributed by atoms with Gasteiger partial charge in [0.25, 0.3) is 0 Å². The van der Waals surface area contributed by atoms with Crippen molar-refractivity contribution >= 4 is 46.6 Å². The van der Waals surface area contributed by atoms with Crippen LogP contribution in [0.4, 0.5) is 5.69 Å². The summed E-state index contributed by atoms with van der Waals surface area (Å²) in [6.07, 6.45) is 4.53. The fourth-order valence-electron chi connectivity index (χ4n) is 2.86. The van der Waals surface area contributed by atoms with Crippen molar-refractivity contribution in [2.45, 2.75) is 37.1 Å². The number of rotatable bonds is 5. The van der Waals surface area contributed by atoms with Crippen LogP contribution in [0.25, 0.3) is 0 Å². The van der Waals surface area contributed by atoms with Gasteiger partial charge < -0.3 is 5.32 Å². The Kier molecular flexibility index (Phi) is 6.42. The molecule has 4 nitrogen and oxygen atoms in total. The molecule has 0 fully saturated rings. The van der Waals surface area contributed by atoms with Crippen molar-refractivity contribution in [1.29, 1.82) is 5.26 Å². The lowest BCUT2D eigenvalue weighted by molar-refractivity contribution is -0.115. The number of aryl methyl sites for hydroxylation is 2. The van der Waals surface area contributed by atoms with Crippen LogP contribution in [0.2, 0.25) is 10.0 Å². The standard InChI is InChI=1S/C19H17Cl2N3OS/c20-14-5-3-7-16(18(14)21)23-17(25)8-9-26-19-13(11-22)10-12-4-1-2-6-15(12)24-19/h3,5,7,10H,1-2,4,6,8-9H2,(H,23,25). The Morgan fingerprint density at radius 3 is 2.92 bits per heavy atom. The molecule has 3 rings (SSSR count). The monoisotopic (exact) mass is 405 g/mol. The minimum Gasteiger partial charge on any atom is -0.325 e. The highest BCUT2D eigenvalue weighted by Gasteiger charge is 2.16. The van der Waals surface area contributed by atoms with E-state index < -0.39 is 0 Å². The average Bonchev–Trinajstić information content (AvgIpc) is 2.65. The van der Waals surface area contributed by atoms with Crippen LogP contribution >= 0.6 is 35.0 Å². The van der Waals surface area contributed by atoms with E-state index in [-0.39, 0.29) is 12.3 Å². The van der Waals surface area contributed by atoms with E-state index in [2.05, 4.69) is 16.4 Å². The molecule has 1 aromatic carbocycles. The molecule has 0 atom stereocenters. The topological polar surface area (TPSA) is 65.8 Å². The Morgan fingerprint density at radius 1 is 1.31 bits per heavy atom. The number of thioether (sulfide) groups is 1. The van der Waals surface area contributed by atoms with Gasteiger partial charge in [-0.1, -0.05) is 29.3 Å². The van der Waals surface area contributed by atoms with Gasteiger partial charge in [-0.15, -0.1) is 11.8 Å². The summed E-state index contributed by atoms with van der Waals surface area (Å²) in [6.45, 7) is 0. The van der Waals surface area contributed by atoms with Crippen molar-refractivity contribution in [2.75, 3.05) is 11.1 Å². The van der Waals surface area contributed by atoms with Crippen LogP contribution in [0.1, 0.15) is 36.1 Å². The molecule has 0 spiro atoms. The number of fused-ring (bicyclic) bond motifs is 1. The van der Waals surface area contributed by atoms with Crippen molar-refractivity contribution < 1.29 is 4.79 Å². The predicted octanol–water partition coefficient (Wildman–Crippen LogP) is 5.26. The maximum atomic E-state index is 12.1. The lowest BCUT2D eigenvalue weighted by Gasteiger charge is -2.16. The van der Waals surface area contributed by atoms with E-state index in [0.29, 0.717) is 32.1 Å². The number of anilines is 1. The van der Waals surface area contributed by atoms with Crippen molar-refractivity contribution in [2.24, 2.45) is 0 Å². The number of aromatic nitrogens is 1. The van der Waals surface area contributed by atoms with E-state index in [1.165, 1.54) is 17.3 Å². The summed E-state index contributed by atoms with van der Waals surface area (Å²) in [6, 6.07) is 9.28. The summed E-state index contributed by atoms with van der Waals surface area (Å²) in [5.41, 5.74) is 3.37. The van der Waals surface area contributed by atoms with Gasteiger partial charge in [-0.05, 0) is 49.4 Å². The highest BCUT2D eigenvalue weighted by atomic mass is 35.5. The molecule has 1 aliphatic rings. The molecule has 0 radical (unpaired) electrons. The number of amides is 1. The Hall–Kier alpha value is -1.74. The second-order valence-corrected chi connectivity index (χ2v) is 7.88. The van der Waals surface area contributed by atoms with Crippen LogP contribution in [0.3, 0.4) is 0 Å². The summed E-state index contributed by atoms with van der Waals surface area (Å²) in [5.74, 6) is 0.378. The first-order chi connectivity index (χ1) is 12.6. The van der Waals surface area contributed by atoms with Crippen molar-refractivity contribution in [3.63, 3.8) is 0 Å². The maximum Gasteiger partial charge on any atom is 0.225 e. The number of pyridine rings is 1. The van der Waals surface area contributed by atoms with Gasteiger partial charge in [-0.3, -0.25) is 4.79 Å². The zero-order valence-electron chi connectivity index (χ0n) is 14.0. The SMILES string of the molecule is N#Cc1cc2c(nc1SCCC(=O)Nc1cccc(Cl)c1Cl)CCCC2. The lowest BCUT2D eigenvalue weighted by atomic mass is 9.95. The molecular weight excluding hydrogens is 389 g/mol. The number of hydrogen-bond donors (Lipinski definition) is 1. The summed E-state index contributed by atoms with van der Waals surface area (Å²) in [4.78, 5) is 16.8. The number of nitrogens with one attached hydrogen (secondary N) is 1. The van der Waals surface area contributed by atoms with E-state index in [9.17, 15) is 10.1 Å². The molecule has 0 saturated heterocycles. The molecule has 26 heavy (non-hydrogen) atoms. The smallest absolute Gasteiger partial charge is 0.225 e. The molecule has 1 aliphatic carbocycles. The first kappa shape index (κ1) is 19.0. The molecule has 7 heteroatoms. The van der Waals surface area contributed by atoms with Crippen LogP contribution in [0.5, 0.6) is 0 Å². The summed E-state index contributed by atoms with van der Waals surface area (Å²) >= 11 is 13.5. The van der Waals surface area contributed by atoms with E-state index in [1.54, 1.807) is 18.2 Å². The molecule has 0 saturated carbocycles. The predicted molar refractivity (Wildman–Crippen MR) is 106 cm³/mol. The minimum absolute atomic E-state index is 0.155. The summed E-state index contributed by atoms with van der Waals surface area (Å²) in [7, 11) is 0. The number of carbonyl (C=O) groups is 1. The van der Waals surface area contributed by atoms with Crippen molar-refractivity contribution in [1.82, 2.24) is 4.98 Å². The molecule has 1 heterocycles. The molecular formula is C19H17Cl2N3OS. The normalized spacial score (nSPS) is 13.0. The summed E-state index contributed by atoms with van der Waals surface area (Å²) in [5, 5.41) is 13.6. The zero-order chi connectivity index (χ0) is 18.5. The molecule has 1 amide bonds. The van der Waals surface area contributed by atoms with E-state index >= 15 is 0 Å². The second-order valence-electron chi connectivity index (χ2n) is 6.01. The fourth-order valence-corrected chi connectivity index (χ4v) is 4.12. The quantitative estimate of drug-likeness (QED) is 0.688. The molecule has 134 valence electrons. The van der Waals surface area contributed by atoms with Gasteiger partial charge in [0, 0.05) is 17.9 Å². The highest BCUT2D eigenvalue weighted by Crippen LogP contribution is 2.30. The third kappa shape index (κ3) is 4.50. The van der Waals surface area contributed by atoms with Crippen LogP contribution < -0.4 is 5.32 Å². The lowest BCUT2D eigenvalue weighted by Crippen LogP contribution is -2.13. The molecule has 2 aromatic rings. The van der Waals surface area contributed by atoms with Crippen LogP contribution in [0, 0.1) is 11.3 Å². The number of benzene rings is 1. The second kappa shape index (κ2) is 8.77. The van der Waals surface area contributed by atoms with Crippen molar-refractivity contribution in [3.8, 4) is 6.07 Å². The Labute approximate surface area is 166 Å². The van der Waals surface area contributed by atoms with E-state index in [4.69, 9.17) is 23.2 Å². The number of hydrogen-bond acceptors (Lipinski definition) is 4. The molecule has 1 aromatic heterocycles. The van der Waals surface area contributed by atoms with Crippen LogP contribution in [0.15, 0.2) is 29.3 Å². The number of nitriles is 1. The third-order valence-electron chi connectivity index (χ3n) is 4.18. The summed E-state index contributed by atoms with van der Waals surface area (Å²) < 4.78 is 0. The highest BCUT2D eigenvalue weighted by molar-refractivity contribution is 7.99. The Morgan fingerprint density at radius 2 is 2.12 bits per heavy atom. The van der Waals surface area contributed by atoms with Gasteiger partial charge in [0.15, 0.2) is 0 Å². The van der Waals surface area contributed by atoms with Gasteiger partial charge in [0.2, 0.25) is 5.91 Å². The first-order valence-electron chi connectivity index (χ1n) is 8.38. The first-order valence-corrected chi connectivity index (χ1v) is 10.1. The molecule has 1 N–H and O–H groups in total. The number of carbonyl (C=O) groups excluding carboxylic acids is 1. The van der Waals surface area contributed by atoms with Gasteiger partial charge in [0.1, 0.15) is 11.1 Å². The Balaban J connectivity index is 1.60. The average molecular weight is 406 g/mol. The maximum absolute atomic E-state index is 12.1. The number of nitrogens with zero attached hydrogens (tertiary/aromatic N) is 2. The van der Waals surface area contributed by atoms with Crippen LogP contribution in [-0.2, 0) is 17.6 Å². The molecule has 0 unspecified atom stereocenters. The van der Waals surface area contributed by atoms with E-state index in [0.717, 1.165) is 31.4 Å². The largest absolute Gasteiger partial charge is 0.325 e. The minimum atomic E-state index is -0.155. The third-order valence-corrected chi connectivity index (χ3v) is 5.99. The van der Waals surface area contributed by atoms with Crippen LogP contribution in [-0.4, -0.2) is 16.6 Å².